The highest BCUT2D eigenvalue weighted by Crippen LogP contribution is 2.19. The van der Waals surface area contributed by atoms with Gasteiger partial charge in [-0.2, -0.15) is 5.48 Å². The van der Waals surface area contributed by atoms with E-state index in [1.54, 1.807) is 0 Å². The molecule has 16 heavy (non-hydrogen) atoms. The van der Waals surface area contributed by atoms with Gasteiger partial charge in [-0.1, -0.05) is 19.8 Å². The Labute approximate surface area is 97.7 Å². The zero-order valence-corrected chi connectivity index (χ0v) is 10.1. The maximum Gasteiger partial charge on any atom is 0.0790 e. The smallest absolute Gasteiger partial charge is 0.0790 e. The van der Waals surface area contributed by atoms with Crippen LogP contribution in [-0.4, -0.2) is 10.7 Å². The van der Waals surface area contributed by atoms with Gasteiger partial charge in [0.05, 0.1) is 6.10 Å². The number of hydrogen-bond donors (Lipinski definition) is 1. The van der Waals surface area contributed by atoms with Gasteiger partial charge in [0.2, 0.25) is 0 Å². The SMILES string of the molecule is CCCn1ccc(CNOC2CCCC2)c1. The van der Waals surface area contributed by atoms with Crippen LogP contribution in [0, 0.1) is 0 Å². The first-order chi connectivity index (χ1) is 7.88. The second-order valence-electron chi connectivity index (χ2n) is 4.60. The molecule has 0 atom stereocenters. The highest BCUT2D eigenvalue weighted by atomic mass is 16.7. The zero-order chi connectivity index (χ0) is 11.2. The van der Waals surface area contributed by atoms with Gasteiger partial charge in [0, 0.05) is 25.5 Å². The minimum absolute atomic E-state index is 0.442. The van der Waals surface area contributed by atoms with E-state index in [2.05, 4.69) is 35.4 Å². The van der Waals surface area contributed by atoms with Gasteiger partial charge in [-0.25, -0.2) is 0 Å². The molecule has 1 aliphatic rings. The van der Waals surface area contributed by atoms with Crippen LogP contribution in [0.4, 0.5) is 0 Å². The Morgan fingerprint density at radius 1 is 1.44 bits per heavy atom. The van der Waals surface area contributed by atoms with E-state index in [1.165, 1.54) is 37.7 Å². The summed E-state index contributed by atoms with van der Waals surface area (Å²) < 4.78 is 2.23. The highest BCUT2D eigenvalue weighted by Gasteiger charge is 2.15. The summed E-state index contributed by atoms with van der Waals surface area (Å²) >= 11 is 0. The van der Waals surface area contributed by atoms with Crippen LogP contribution in [0.3, 0.4) is 0 Å². The number of hydroxylamine groups is 1. The molecule has 1 heterocycles. The fourth-order valence-corrected chi connectivity index (χ4v) is 2.24. The molecule has 1 aromatic heterocycles. The quantitative estimate of drug-likeness (QED) is 0.749. The van der Waals surface area contributed by atoms with Crippen LogP contribution >= 0.6 is 0 Å². The second-order valence-corrected chi connectivity index (χ2v) is 4.60. The first-order valence-electron chi connectivity index (χ1n) is 6.41. The fraction of sp³-hybridized carbons (Fsp3) is 0.692. The fourth-order valence-electron chi connectivity index (χ4n) is 2.24. The summed E-state index contributed by atoms with van der Waals surface area (Å²) in [5, 5.41) is 0. The van der Waals surface area contributed by atoms with Gasteiger partial charge in [-0.05, 0) is 30.9 Å². The summed E-state index contributed by atoms with van der Waals surface area (Å²) in [6, 6.07) is 2.15. The third-order valence-electron chi connectivity index (χ3n) is 3.12. The molecule has 0 radical (unpaired) electrons. The molecule has 0 saturated heterocycles. The van der Waals surface area contributed by atoms with Crippen molar-refractivity contribution in [3.63, 3.8) is 0 Å². The standard InChI is InChI=1S/C13H22N2O/c1-2-8-15-9-7-12(11-15)10-14-16-13-5-3-4-6-13/h7,9,11,13-14H,2-6,8,10H2,1H3. The number of nitrogens with zero attached hydrogens (tertiary/aromatic N) is 1. The lowest BCUT2D eigenvalue weighted by atomic mass is 10.3. The summed E-state index contributed by atoms with van der Waals surface area (Å²) in [7, 11) is 0. The molecular weight excluding hydrogens is 200 g/mol. The summed E-state index contributed by atoms with van der Waals surface area (Å²) in [4.78, 5) is 5.62. The maximum absolute atomic E-state index is 5.62. The predicted octanol–water partition coefficient (Wildman–Crippen LogP) is 2.86. The van der Waals surface area contributed by atoms with Crippen molar-refractivity contribution in [1.82, 2.24) is 10.0 Å². The topological polar surface area (TPSA) is 26.2 Å². The average molecular weight is 222 g/mol. The molecule has 0 aliphatic heterocycles. The van der Waals surface area contributed by atoms with E-state index in [0.29, 0.717) is 6.10 Å². The monoisotopic (exact) mass is 222 g/mol. The van der Waals surface area contributed by atoms with Crippen molar-refractivity contribution in [2.24, 2.45) is 0 Å². The van der Waals surface area contributed by atoms with Crippen molar-refractivity contribution in [1.29, 1.82) is 0 Å². The molecule has 2 rings (SSSR count). The Hall–Kier alpha value is -0.800. The molecule has 0 bridgehead atoms. The molecule has 1 N–H and O–H groups in total. The molecule has 3 heteroatoms. The molecule has 90 valence electrons. The van der Waals surface area contributed by atoms with Crippen LogP contribution in [0.5, 0.6) is 0 Å². The highest BCUT2D eigenvalue weighted by molar-refractivity contribution is 5.09. The van der Waals surface area contributed by atoms with Gasteiger partial charge in [-0.3, -0.25) is 4.84 Å². The lowest BCUT2D eigenvalue weighted by Crippen LogP contribution is -2.21. The van der Waals surface area contributed by atoms with Crippen molar-refractivity contribution in [3.05, 3.63) is 24.0 Å². The van der Waals surface area contributed by atoms with Crippen molar-refractivity contribution in [2.75, 3.05) is 0 Å². The van der Waals surface area contributed by atoms with E-state index in [9.17, 15) is 0 Å². The molecule has 0 amide bonds. The van der Waals surface area contributed by atoms with Crippen LogP contribution in [0.2, 0.25) is 0 Å². The Balaban J connectivity index is 1.67. The normalized spacial score (nSPS) is 17.1. The van der Waals surface area contributed by atoms with Gasteiger partial charge in [0.15, 0.2) is 0 Å². The van der Waals surface area contributed by atoms with Crippen LogP contribution in [-0.2, 0) is 17.9 Å². The van der Waals surface area contributed by atoms with Crippen molar-refractivity contribution in [2.45, 2.75) is 58.2 Å². The summed E-state index contributed by atoms with van der Waals surface area (Å²) in [5.41, 5.74) is 4.38. The van der Waals surface area contributed by atoms with E-state index in [4.69, 9.17) is 4.84 Å². The largest absolute Gasteiger partial charge is 0.354 e. The number of rotatable bonds is 6. The molecular formula is C13H22N2O. The maximum atomic E-state index is 5.62. The Morgan fingerprint density at radius 2 is 2.25 bits per heavy atom. The molecule has 1 aromatic rings. The van der Waals surface area contributed by atoms with Crippen LogP contribution in [0.25, 0.3) is 0 Å². The lowest BCUT2D eigenvalue weighted by molar-refractivity contribution is -0.0244. The van der Waals surface area contributed by atoms with Gasteiger partial charge >= 0.3 is 0 Å². The second kappa shape index (κ2) is 6.06. The number of aromatic nitrogens is 1. The summed E-state index contributed by atoms with van der Waals surface area (Å²) in [6.07, 6.45) is 11.0. The third kappa shape index (κ3) is 3.35. The van der Waals surface area contributed by atoms with E-state index in [-0.39, 0.29) is 0 Å². The van der Waals surface area contributed by atoms with Crippen molar-refractivity contribution >= 4 is 0 Å². The number of hydrogen-bond acceptors (Lipinski definition) is 2. The summed E-state index contributed by atoms with van der Waals surface area (Å²) in [5.74, 6) is 0. The third-order valence-corrected chi connectivity index (χ3v) is 3.12. The first kappa shape index (κ1) is 11.7. The number of aryl methyl sites for hydroxylation is 1. The van der Waals surface area contributed by atoms with Crippen molar-refractivity contribution in [3.8, 4) is 0 Å². The number of nitrogens with one attached hydrogen (secondary N) is 1. The minimum atomic E-state index is 0.442. The van der Waals surface area contributed by atoms with E-state index < -0.39 is 0 Å². The first-order valence-corrected chi connectivity index (χ1v) is 6.41. The van der Waals surface area contributed by atoms with Crippen LogP contribution in [0.1, 0.15) is 44.6 Å². The average Bonchev–Trinajstić information content (AvgIpc) is 2.90. The molecule has 1 fully saturated rings. The molecule has 1 aliphatic carbocycles. The van der Waals surface area contributed by atoms with Crippen LogP contribution in [0.15, 0.2) is 18.5 Å². The van der Waals surface area contributed by atoms with Gasteiger partial charge in [0.25, 0.3) is 0 Å². The van der Waals surface area contributed by atoms with Crippen LogP contribution < -0.4 is 5.48 Å². The van der Waals surface area contributed by atoms with Gasteiger partial charge < -0.3 is 4.57 Å². The predicted molar refractivity (Wildman–Crippen MR) is 64.9 cm³/mol. The lowest BCUT2D eigenvalue weighted by Gasteiger charge is -2.10. The Morgan fingerprint density at radius 3 is 3.00 bits per heavy atom. The molecule has 3 nitrogen and oxygen atoms in total. The minimum Gasteiger partial charge on any atom is -0.354 e. The Bertz CT molecular complexity index is 303. The van der Waals surface area contributed by atoms with Gasteiger partial charge in [-0.15, -0.1) is 0 Å². The Kier molecular flexibility index (Phi) is 4.43. The van der Waals surface area contributed by atoms with E-state index in [0.717, 1.165) is 13.1 Å². The molecule has 0 unspecified atom stereocenters. The van der Waals surface area contributed by atoms with Crippen molar-refractivity contribution < 1.29 is 4.84 Å². The molecule has 0 aromatic carbocycles. The molecule has 1 saturated carbocycles. The summed E-state index contributed by atoms with van der Waals surface area (Å²) in [6.45, 7) is 4.11. The zero-order valence-electron chi connectivity index (χ0n) is 10.1. The molecule has 0 spiro atoms. The van der Waals surface area contributed by atoms with Gasteiger partial charge in [0.1, 0.15) is 0 Å². The van der Waals surface area contributed by atoms with E-state index in [1.807, 2.05) is 0 Å². The van der Waals surface area contributed by atoms with E-state index >= 15 is 0 Å².